The number of aromatic nitrogens is 1. The summed E-state index contributed by atoms with van der Waals surface area (Å²) in [5.74, 6) is 0.743. The molecule has 30 heavy (non-hydrogen) atoms. The smallest absolute Gasteiger partial charge is 0.200 e. The highest BCUT2D eigenvalue weighted by Crippen LogP contribution is 2.38. The fourth-order valence-corrected chi connectivity index (χ4v) is 6.78. The van der Waals surface area contributed by atoms with Crippen molar-refractivity contribution in [3.8, 4) is 11.3 Å². The summed E-state index contributed by atoms with van der Waals surface area (Å²) in [7, 11) is 0.763. The first-order valence-electron chi connectivity index (χ1n) is 11.7. The number of aryl methyl sites for hydroxylation is 2. The van der Waals surface area contributed by atoms with Gasteiger partial charge < -0.3 is 0 Å². The van der Waals surface area contributed by atoms with Gasteiger partial charge in [0.05, 0.1) is 19.0 Å². The van der Waals surface area contributed by atoms with Crippen molar-refractivity contribution in [2.75, 3.05) is 0 Å². The molecule has 1 heterocycles. The number of nitrogens with zero attached hydrogens (tertiary/aromatic N) is 1. The molecule has 0 spiro atoms. The maximum Gasteiger partial charge on any atom is 0.220 e. The summed E-state index contributed by atoms with van der Waals surface area (Å²) in [6.07, 6.45) is 7.71. The van der Waals surface area contributed by atoms with E-state index in [0.29, 0.717) is 0 Å². The third kappa shape index (κ3) is 3.64. The third-order valence-corrected chi connectivity index (χ3v) is 12.8. The molecule has 158 valence electrons. The summed E-state index contributed by atoms with van der Waals surface area (Å²) in [6, 6.07) is 14.6. The van der Waals surface area contributed by atoms with Gasteiger partial charge >= 0.3 is 0 Å². The van der Waals surface area contributed by atoms with E-state index in [1.165, 1.54) is 58.8 Å². The van der Waals surface area contributed by atoms with Gasteiger partial charge in [0.15, 0.2) is 6.20 Å². The molecule has 1 saturated carbocycles. The van der Waals surface area contributed by atoms with Crippen molar-refractivity contribution in [2.45, 2.75) is 77.9 Å². The number of fused-ring (bicyclic) bond motifs is 1. The minimum Gasteiger partial charge on any atom is -0.200 e. The van der Waals surface area contributed by atoms with E-state index in [-0.39, 0.29) is 0 Å². The molecular weight excluding hydrogens is 378 g/mol. The average molecular weight is 417 g/mol. The van der Waals surface area contributed by atoms with Gasteiger partial charge in [-0.2, -0.15) is 0 Å². The summed E-state index contributed by atoms with van der Waals surface area (Å²) in [6.45, 7) is 14.4. The fraction of sp³-hybridized carbons (Fsp3) is 0.464. The highest BCUT2D eigenvalue weighted by molar-refractivity contribution is 6.91. The highest BCUT2D eigenvalue weighted by Gasteiger charge is 2.28. The third-order valence-electron chi connectivity index (χ3n) is 8.10. The van der Waals surface area contributed by atoms with Crippen LogP contribution in [0.25, 0.3) is 22.0 Å². The molecule has 3 aromatic rings. The molecule has 4 rings (SSSR count). The Morgan fingerprint density at radius 1 is 0.967 bits per heavy atom. The van der Waals surface area contributed by atoms with Gasteiger partial charge in [0.2, 0.25) is 5.69 Å². The fourth-order valence-electron chi connectivity index (χ4n) is 5.07. The second-order valence-electron chi connectivity index (χ2n) is 10.4. The van der Waals surface area contributed by atoms with Gasteiger partial charge in [-0.1, -0.05) is 63.2 Å². The largest absolute Gasteiger partial charge is 0.220 e. The van der Waals surface area contributed by atoms with Crippen molar-refractivity contribution in [3.05, 3.63) is 59.3 Å². The molecule has 0 saturated heterocycles. The molecule has 1 aliphatic rings. The molecule has 2 aromatic carbocycles. The minimum atomic E-state index is -1.44. The molecule has 0 amide bonds. The van der Waals surface area contributed by atoms with E-state index in [4.69, 9.17) is 0 Å². The van der Waals surface area contributed by atoms with E-state index in [1.54, 1.807) is 10.8 Å². The van der Waals surface area contributed by atoms with Crippen LogP contribution in [0, 0.1) is 13.8 Å². The van der Waals surface area contributed by atoms with Gasteiger partial charge in [-0.15, -0.1) is 0 Å². The van der Waals surface area contributed by atoms with Gasteiger partial charge in [0, 0.05) is 6.07 Å². The summed E-state index contributed by atoms with van der Waals surface area (Å²) in [5, 5.41) is 4.32. The average Bonchev–Trinajstić information content (AvgIpc) is 3.24. The molecule has 0 bridgehead atoms. The number of rotatable bonds is 4. The Kier molecular flexibility index (Phi) is 5.65. The van der Waals surface area contributed by atoms with Crippen molar-refractivity contribution in [1.82, 2.24) is 0 Å². The topological polar surface area (TPSA) is 3.88 Å². The monoisotopic (exact) mass is 416 g/mol. The lowest BCUT2D eigenvalue weighted by atomic mass is 9.89. The highest BCUT2D eigenvalue weighted by atomic mass is 28.3. The zero-order chi connectivity index (χ0) is 21.6. The summed E-state index contributed by atoms with van der Waals surface area (Å²) in [4.78, 5) is 0. The predicted octanol–water partition coefficient (Wildman–Crippen LogP) is 6.93. The van der Waals surface area contributed by atoms with Gasteiger partial charge in [-0.3, -0.25) is 0 Å². The van der Waals surface area contributed by atoms with Gasteiger partial charge in [0.1, 0.15) is 7.05 Å². The van der Waals surface area contributed by atoms with E-state index in [9.17, 15) is 0 Å². The van der Waals surface area contributed by atoms with Crippen molar-refractivity contribution >= 4 is 24.0 Å². The molecule has 1 aliphatic carbocycles. The lowest BCUT2D eigenvalue weighted by Crippen LogP contribution is -2.44. The van der Waals surface area contributed by atoms with Gasteiger partial charge in [-0.05, 0) is 72.4 Å². The molecule has 2 heteroatoms. The maximum atomic E-state index is 2.51. The Balaban J connectivity index is 1.92. The van der Waals surface area contributed by atoms with Crippen LogP contribution in [0.3, 0.4) is 0 Å². The minimum absolute atomic E-state index is 0.738. The summed E-state index contributed by atoms with van der Waals surface area (Å²) < 4.78 is 2.33. The standard InChI is InChI=1S/C28H38NSi/c1-19(2)30(6,7)25-12-13-26-23(17-25)14-15-29(5)28(26)27-18-24(16-20(3)21(27)4)22-10-8-9-11-22/h12-19,22H,8-11H2,1-7H3/q+1. The van der Waals surface area contributed by atoms with E-state index in [0.717, 1.165) is 11.5 Å². The first-order chi connectivity index (χ1) is 14.2. The molecule has 1 aromatic heterocycles. The number of hydrogen-bond donors (Lipinski definition) is 0. The molecule has 1 nitrogen and oxygen atoms in total. The lowest BCUT2D eigenvalue weighted by molar-refractivity contribution is -0.659. The molecule has 0 atom stereocenters. The Morgan fingerprint density at radius 2 is 1.67 bits per heavy atom. The van der Waals surface area contributed by atoms with Crippen molar-refractivity contribution in [1.29, 1.82) is 0 Å². The second kappa shape index (κ2) is 7.96. The SMILES string of the molecule is Cc1cc(C2CCCC2)cc(-c2c3ccc([Si](C)(C)C(C)C)cc3cc[n+]2C)c1C. The maximum absolute atomic E-state index is 2.51. The molecule has 0 N–H and O–H groups in total. The van der Waals surface area contributed by atoms with Gasteiger partial charge in [-0.25, -0.2) is 4.57 Å². The van der Waals surface area contributed by atoms with E-state index in [2.05, 4.69) is 95.0 Å². The molecule has 0 aliphatic heterocycles. The molecule has 0 unspecified atom stereocenters. The molecule has 1 fully saturated rings. The first-order valence-corrected chi connectivity index (χ1v) is 14.8. The quantitative estimate of drug-likeness (QED) is 0.321. The number of benzene rings is 2. The normalized spacial score (nSPS) is 15.5. The van der Waals surface area contributed by atoms with E-state index < -0.39 is 8.07 Å². The molecular formula is C28H38NSi+. The summed E-state index contributed by atoms with van der Waals surface area (Å²) >= 11 is 0. The van der Waals surface area contributed by atoms with E-state index >= 15 is 0 Å². The van der Waals surface area contributed by atoms with Gasteiger partial charge in [0.25, 0.3) is 0 Å². The Hall–Kier alpha value is -1.93. The van der Waals surface area contributed by atoms with E-state index in [1.807, 2.05) is 0 Å². The van der Waals surface area contributed by atoms with Crippen LogP contribution in [-0.2, 0) is 7.05 Å². The van der Waals surface area contributed by atoms with Crippen LogP contribution in [0.15, 0.2) is 42.6 Å². The summed E-state index contributed by atoms with van der Waals surface area (Å²) in [5.41, 5.74) is 7.91. The zero-order valence-corrected chi connectivity index (χ0v) is 21.0. The van der Waals surface area contributed by atoms with Crippen LogP contribution in [0.4, 0.5) is 0 Å². The first kappa shape index (κ1) is 21.3. The van der Waals surface area contributed by atoms with Crippen molar-refractivity contribution in [3.63, 3.8) is 0 Å². The Bertz CT molecular complexity index is 1090. The number of pyridine rings is 1. The Morgan fingerprint density at radius 3 is 2.33 bits per heavy atom. The van der Waals surface area contributed by atoms with Crippen LogP contribution in [0.2, 0.25) is 18.6 Å². The molecule has 0 radical (unpaired) electrons. The van der Waals surface area contributed by atoms with Crippen LogP contribution in [0.5, 0.6) is 0 Å². The van der Waals surface area contributed by atoms with Crippen molar-refractivity contribution < 1.29 is 4.57 Å². The van der Waals surface area contributed by atoms with Crippen LogP contribution in [-0.4, -0.2) is 8.07 Å². The second-order valence-corrected chi connectivity index (χ2v) is 15.6. The van der Waals surface area contributed by atoms with Crippen LogP contribution >= 0.6 is 0 Å². The van der Waals surface area contributed by atoms with Crippen LogP contribution in [0.1, 0.15) is 62.1 Å². The predicted molar refractivity (Wildman–Crippen MR) is 133 cm³/mol. The lowest BCUT2D eigenvalue weighted by Gasteiger charge is -2.27. The number of hydrogen-bond acceptors (Lipinski definition) is 0. The van der Waals surface area contributed by atoms with Crippen molar-refractivity contribution in [2.24, 2.45) is 7.05 Å². The Labute approximate surface area is 184 Å². The van der Waals surface area contributed by atoms with Crippen LogP contribution < -0.4 is 9.75 Å². The zero-order valence-electron chi connectivity index (χ0n) is 20.0.